The average Bonchev–Trinajstić information content (AvgIpc) is 2.12. The number of urea groups is 1. The summed E-state index contributed by atoms with van der Waals surface area (Å²) in [6.07, 6.45) is 0.810. The first-order valence-electron chi connectivity index (χ1n) is 4.54. The second kappa shape index (κ2) is 4.83. The molecule has 5 nitrogen and oxygen atoms in total. The molecular formula is C9H18N2O3. The molecule has 0 aliphatic rings. The van der Waals surface area contributed by atoms with Gasteiger partial charge in [0, 0.05) is 12.6 Å². The zero-order valence-electron chi connectivity index (χ0n) is 9.13. The summed E-state index contributed by atoms with van der Waals surface area (Å²) in [5, 5.41) is 10.7. The van der Waals surface area contributed by atoms with Gasteiger partial charge in [0.25, 0.3) is 0 Å². The quantitative estimate of drug-likeness (QED) is 0.711. The second-order valence-electron chi connectivity index (χ2n) is 3.78. The van der Waals surface area contributed by atoms with Gasteiger partial charge in [0.05, 0.1) is 0 Å². The molecule has 82 valence electrons. The second-order valence-corrected chi connectivity index (χ2v) is 3.78. The number of hydrogen-bond acceptors (Lipinski definition) is 2. The number of hydrogen-bond donors (Lipinski definition) is 2. The van der Waals surface area contributed by atoms with E-state index in [4.69, 9.17) is 5.11 Å². The summed E-state index contributed by atoms with van der Waals surface area (Å²) >= 11 is 0. The highest BCUT2D eigenvalue weighted by Crippen LogP contribution is 2.15. The van der Waals surface area contributed by atoms with E-state index >= 15 is 0 Å². The number of aliphatic carboxylic acids is 1. The number of carbonyl (C=O) groups is 2. The van der Waals surface area contributed by atoms with Crippen molar-refractivity contribution in [2.45, 2.75) is 32.7 Å². The Morgan fingerprint density at radius 1 is 1.43 bits per heavy atom. The van der Waals surface area contributed by atoms with Crippen molar-refractivity contribution in [2.24, 2.45) is 0 Å². The topological polar surface area (TPSA) is 69.6 Å². The van der Waals surface area contributed by atoms with Crippen molar-refractivity contribution in [3.05, 3.63) is 0 Å². The fraction of sp³-hybridized carbons (Fsp3) is 0.778. The molecule has 0 spiro atoms. The summed E-state index contributed by atoms with van der Waals surface area (Å²) in [6, 6.07) is -0.362. The van der Waals surface area contributed by atoms with Crippen LogP contribution in [0, 0.1) is 0 Å². The van der Waals surface area contributed by atoms with Crippen LogP contribution in [0.1, 0.15) is 27.2 Å². The Kier molecular flexibility index (Phi) is 4.40. The Bertz CT molecular complexity index is 226. The molecule has 14 heavy (non-hydrogen) atoms. The van der Waals surface area contributed by atoms with Crippen LogP contribution in [0.25, 0.3) is 0 Å². The molecule has 0 aliphatic carbocycles. The number of carbonyl (C=O) groups excluding carboxylic acids is 1. The monoisotopic (exact) mass is 202 g/mol. The van der Waals surface area contributed by atoms with Crippen LogP contribution in [0.3, 0.4) is 0 Å². The minimum absolute atomic E-state index is 0.261. The van der Waals surface area contributed by atoms with E-state index in [1.165, 1.54) is 4.90 Å². The highest BCUT2D eigenvalue weighted by atomic mass is 16.4. The summed E-state index contributed by atoms with van der Waals surface area (Å²) in [5.74, 6) is -1.04. The molecule has 0 unspecified atom stereocenters. The molecule has 0 saturated carbocycles. The van der Waals surface area contributed by atoms with Crippen LogP contribution < -0.4 is 5.32 Å². The van der Waals surface area contributed by atoms with Crippen molar-refractivity contribution in [1.82, 2.24) is 10.2 Å². The average molecular weight is 202 g/mol. The van der Waals surface area contributed by atoms with Gasteiger partial charge in [0.1, 0.15) is 6.54 Å². The summed E-state index contributed by atoms with van der Waals surface area (Å²) in [7, 11) is 1.65. The van der Waals surface area contributed by atoms with Gasteiger partial charge >= 0.3 is 12.0 Å². The first-order chi connectivity index (χ1) is 6.31. The lowest BCUT2D eigenvalue weighted by Gasteiger charge is -2.34. The Hall–Kier alpha value is -1.26. The molecule has 0 saturated heterocycles. The Morgan fingerprint density at radius 3 is 2.29 bits per heavy atom. The number of nitrogens with one attached hydrogen (secondary N) is 1. The minimum Gasteiger partial charge on any atom is -0.480 e. The predicted octanol–water partition coefficient (Wildman–Crippen LogP) is 0.901. The minimum atomic E-state index is -1.04. The number of nitrogens with zero attached hydrogens (tertiary/aromatic N) is 1. The van der Waals surface area contributed by atoms with Gasteiger partial charge in [-0.1, -0.05) is 6.92 Å². The third-order valence-electron chi connectivity index (χ3n) is 2.47. The SMILES string of the molecule is CCC(C)(C)N(C)C(=O)NCC(=O)O. The van der Waals surface area contributed by atoms with Gasteiger partial charge < -0.3 is 15.3 Å². The summed E-state index contributed by atoms with van der Waals surface area (Å²) in [5.41, 5.74) is -0.261. The van der Waals surface area contributed by atoms with Gasteiger partial charge in [-0.05, 0) is 20.3 Å². The van der Waals surface area contributed by atoms with E-state index in [0.29, 0.717) is 0 Å². The lowest BCUT2D eigenvalue weighted by molar-refractivity contribution is -0.135. The standard InChI is InChI=1S/C9H18N2O3/c1-5-9(2,3)11(4)8(14)10-6-7(12)13/h5-6H2,1-4H3,(H,10,14)(H,12,13). The maximum absolute atomic E-state index is 11.4. The van der Waals surface area contributed by atoms with Crippen molar-refractivity contribution in [1.29, 1.82) is 0 Å². The molecule has 2 amide bonds. The van der Waals surface area contributed by atoms with Gasteiger partial charge in [0.15, 0.2) is 0 Å². The predicted molar refractivity (Wildman–Crippen MR) is 53.2 cm³/mol. The molecule has 0 fully saturated rings. The number of rotatable bonds is 4. The van der Waals surface area contributed by atoms with Crippen LogP contribution in [0.2, 0.25) is 0 Å². The molecule has 0 aromatic rings. The van der Waals surface area contributed by atoms with Crippen molar-refractivity contribution in [2.75, 3.05) is 13.6 Å². The van der Waals surface area contributed by atoms with E-state index in [9.17, 15) is 9.59 Å². The Morgan fingerprint density at radius 2 is 1.93 bits per heavy atom. The maximum atomic E-state index is 11.4. The zero-order chi connectivity index (χ0) is 11.4. The van der Waals surface area contributed by atoms with E-state index in [1.807, 2.05) is 20.8 Å². The van der Waals surface area contributed by atoms with Crippen LogP contribution in [0.15, 0.2) is 0 Å². The highest BCUT2D eigenvalue weighted by Gasteiger charge is 2.25. The van der Waals surface area contributed by atoms with Gasteiger partial charge in [-0.2, -0.15) is 0 Å². The Labute approximate surface area is 84.1 Å². The molecule has 0 aromatic carbocycles. The lowest BCUT2D eigenvalue weighted by atomic mass is 10.0. The van der Waals surface area contributed by atoms with Crippen molar-refractivity contribution >= 4 is 12.0 Å². The van der Waals surface area contributed by atoms with E-state index < -0.39 is 5.97 Å². The molecule has 2 N–H and O–H groups in total. The van der Waals surface area contributed by atoms with E-state index in [2.05, 4.69) is 5.32 Å². The highest BCUT2D eigenvalue weighted by molar-refractivity contribution is 5.80. The van der Waals surface area contributed by atoms with E-state index in [1.54, 1.807) is 7.05 Å². The smallest absolute Gasteiger partial charge is 0.323 e. The van der Waals surface area contributed by atoms with Crippen LogP contribution in [-0.4, -0.2) is 41.1 Å². The molecule has 0 bridgehead atoms. The molecule has 0 heterocycles. The first kappa shape index (κ1) is 12.7. The summed E-state index contributed by atoms with van der Waals surface area (Å²) in [6.45, 7) is 5.48. The molecular weight excluding hydrogens is 184 g/mol. The third kappa shape index (κ3) is 3.64. The molecule has 0 atom stereocenters. The van der Waals surface area contributed by atoms with Crippen LogP contribution in [-0.2, 0) is 4.79 Å². The fourth-order valence-corrected chi connectivity index (χ4v) is 0.782. The zero-order valence-corrected chi connectivity index (χ0v) is 9.13. The van der Waals surface area contributed by atoms with Gasteiger partial charge in [-0.25, -0.2) is 4.79 Å². The lowest BCUT2D eigenvalue weighted by Crippen LogP contribution is -2.50. The third-order valence-corrected chi connectivity index (χ3v) is 2.47. The van der Waals surface area contributed by atoms with E-state index in [-0.39, 0.29) is 18.1 Å². The maximum Gasteiger partial charge on any atom is 0.323 e. The largest absolute Gasteiger partial charge is 0.480 e. The van der Waals surface area contributed by atoms with Gasteiger partial charge in [-0.3, -0.25) is 4.79 Å². The van der Waals surface area contributed by atoms with Gasteiger partial charge in [0.2, 0.25) is 0 Å². The molecule has 0 aliphatic heterocycles. The van der Waals surface area contributed by atoms with Crippen molar-refractivity contribution in [3.63, 3.8) is 0 Å². The van der Waals surface area contributed by atoms with E-state index in [0.717, 1.165) is 6.42 Å². The molecule has 0 radical (unpaired) electrons. The first-order valence-corrected chi connectivity index (χ1v) is 4.54. The van der Waals surface area contributed by atoms with Crippen LogP contribution >= 0.6 is 0 Å². The van der Waals surface area contributed by atoms with Crippen LogP contribution in [0.4, 0.5) is 4.79 Å². The summed E-state index contributed by atoms with van der Waals surface area (Å²) < 4.78 is 0. The van der Waals surface area contributed by atoms with Crippen molar-refractivity contribution in [3.8, 4) is 0 Å². The summed E-state index contributed by atoms with van der Waals surface area (Å²) in [4.78, 5) is 23.1. The fourth-order valence-electron chi connectivity index (χ4n) is 0.782. The number of carboxylic acids is 1. The number of carboxylic acid groups (broad SMARTS) is 1. The Balaban J connectivity index is 4.19. The molecule has 5 heteroatoms. The van der Waals surface area contributed by atoms with Gasteiger partial charge in [-0.15, -0.1) is 0 Å². The van der Waals surface area contributed by atoms with Crippen LogP contribution in [0.5, 0.6) is 0 Å². The normalized spacial score (nSPS) is 10.9. The molecule has 0 rings (SSSR count). The molecule has 0 aromatic heterocycles. The van der Waals surface area contributed by atoms with Crippen molar-refractivity contribution < 1.29 is 14.7 Å². The number of amides is 2.